The zero-order chi connectivity index (χ0) is 9.35. The molecule has 66 valence electrons. The van der Waals surface area contributed by atoms with E-state index in [2.05, 4.69) is 39.5 Å². The van der Waals surface area contributed by atoms with Crippen LogP contribution in [0.4, 0.5) is 5.69 Å². The minimum absolute atomic E-state index is 0.162. The summed E-state index contributed by atoms with van der Waals surface area (Å²) in [5, 5.41) is 0. The molecule has 1 aromatic carbocycles. The lowest BCUT2D eigenvalue weighted by Gasteiger charge is -2.19. The van der Waals surface area contributed by atoms with Gasteiger partial charge in [0.2, 0.25) is 0 Å². The highest BCUT2D eigenvalue weighted by molar-refractivity contribution is 7.80. The molecule has 0 spiro atoms. The molecule has 0 radical (unpaired) electrons. The molecule has 0 aromatic heterocycles. The summed E-state index contributed by atoms with van der Waals surface area (Å²) in [7, 11) is 0. The van der Waals surface area contributed by atoms with Gasteiger partial charge >= 0.3 is 0 Å². The Bertz CT molecular complexity index is 286. The number of thiol groups is 1. The third kappa shape index (κ3) is 1.95. The van der Waals surface area contributed by atoms with E-state index in [1.165, 1.54) is 5.56 Å². The largest absolute Gasteiger partial charge is 0.398 e. The number of benzene rings is 1. The van der Waals surface area contributed by atoms with Crippen molar-refractivity contribution in [2.45, 2.75) is 31.1 Å². The summed E-state index contributed by atoms with van der Waals surface area (Å²) < 4.78 is 0. The molecule has 0 aliphatic carbocycles. The summed E-state index contributed by atoms with van der Waals surface area (Å²) in [5.74, 6) is 0. The van der Waals surface area contributed by atoms with Crippen molar-refractivity contribution >= 4 is 18.3 Å². The third-order valence-electron chi connectivity index (χ3n) is 1.89. The Morgan fingerprint density at radius 2 is 1.83 bits per heavy atom. The molecule has 2 N–H and O–H groups in total. The molecule has 0 fully saturated rings. The second-order valence-corrected chi connectivity index (χ2v) is 4.51. The number of rotatable bonds is 0. The Hall–Kier alpha value is -0.630. The first-order valence-corrected chi connectivity index (χ1v) is 4.45. The lowest BCUT2D eigenvalue weighted by Crippen LogP contribution is -2.11. The molecule has 0 bridgehead atoms. The topological polar surface area (TPSA) is 26.0 Å². The molecule has 1 rings (SSSR count). The highest BCUT2D eigenvalue weighted by Crippen LogP contribution is 2.26. The maximum Gasteiger partial charge on any atom is 0.0452 e. The smallest absolute Gasteiger partial charge is 0.0452 e. The van der Waals surface area contributed by atoms with Crippen molar-refractivity contribution in [3.05, 3.63) is 23.8 Å². The Labute approximate surface area is 79.4 Å². The summed E-state index contributed by atoms with van der Waals surface area (Å²) >= 11 is 4.22. The first kappa shape index (κ1) is 9.46. The van der Waals surface area contributed by atoms with E-state index in [1.54, 1.807) is 0 Å². The van der Waals surface area contributed by atoms with E-state index in [-0.39, 0.29) is 5.41 Å². The van der Waals surface area contributed by atoms with Crippen LogP contribution in [0.3, 0.4) is 0 Å². The van der Waals surface area contributed by atoms with Crippen molar-refractivity contribution in [2.24, 2.45) is 0 Å². The Balaban J connectivity index is 3.14. The summed E-state index contributed by atoms with van der Waals surface area (Å²) in [5.41, 5.74) is 7.91. The van der Waals surface area contributed by atoms with Gasteiger partial charge in [0.1, 0.15) is 0 Å². The zero-order valence-electron chi connectivity index (χ0n) is 7.76. The zero-order valence-corrected chi connectivity index (χ0v) is 8.65. The van der Waals surface area contributed by atoms with Crippen molar-refractivity contribution in [2.75, 3.05) is 5.73 Å². The normalized spacial score (nSPS) is 11.7. The minimum atomic E-state index is 0.162. The van der Waals surface area contributed by atoms with Crippen LogP contribution in [0, 0.1) is 0 Å². The Kier molecular flexibility index (Phi) is 2.38. The number of hydrogen-bond acceptors (Lipinski definition) is 2. The predicted octanol–water partition coefficient (Wildman–Crippen LogP) is 2.86. The van der Waals surface area contributed by atoms with Crippen LogP contribution in [0.15, 0.2) is 23.1 Å². The van der Waals surface area contributed by atoms with Crippen LogP contribution in [0.2, 0.25) is 0 Å². The van der Waals surface area contributed by atoms with Crippen LogP contribution in [0.1, 0.15) is 26.3 Å². The molecule has 2 heteroatoms. The predicted molar refractivity (Wildman–Crippen MR) is 56.8 cm³/mol. The van der Waals surface area contributed by atoms with Crippen LogP contribution in [0.25, 0.3) is 0 Å². The van der Waals surface area contributed by atoms with Crippen LogP contribution in [-0.4, -0.2) is 0 Å². The average Bonchev–Trinajstić information content (AvgIpc) is 1.92. The van der Waals surface area contributed by atoms with Gasteiger partial charge in [-0.1, -0.05) is 26.8 Å². The number of anilines is 1. The van der Waals surface area contributed by atoms with Crippen molar-refractivity contribution < 1.29 is 0 Å². The van der Waals surface area contributed by atoms with Crippen molar-refractivity contribution in [1.29, 1.82) is 0 Å². The average molecular weight is 181 g/mol. The van der Waals surface area contributed by atoms with E-state index < -0.39 is 0 Å². The Morgan fingerprint density at radius 3 is 2.25 bits per heavy atom. The van der Waals surface area contributed by atoms with Crippen molar-refractivity contribution in [3.63, 3.8) is 0 Å². The number of hydrogen-bond donors (Lipinski definition) is 2. The fraction of sp³-hybridized carbons (Fsp3) is 0.400. The lowest BCUT2D eigenvalue weighted by atomic mass is 9.87. The molecule has 0 aliphatic rings. The molecule has 0 amide bonds. The Morgan fingerprint density at radius 1 is 1.25 bits per heavy atom. The van der Waals surface area contributed by atoms with E-state index in [4.69, 9.17) is 5.73 Å². The van der Waals surface area contributed by atoms with Gasteiger partial charge in [-0.15, -0.1) is 12.6 Å². The van der Waals surface area contributed by atoms with Gasteiger partial charge in [0, 0.05) is 10.6 Å². The van der Waals surface area contributed by atoms with E-state index in [9.17, 15) is 0 Å². The van der Waals surface area contributed by atoms with Crippen LogP contribution in [-0.2, 0) is 5.41 Å². The van der Waals surface area contributed by atoms with Gasteiger partial charge in [-0.3, -0.25) is 0 Å². The van der Waals surface area contributed by atoms with Gasteiger partial charge in [-0.05, 0) is 23.1 Å². The highest BCUT2D eigenvalue weighted by atomic mass is 32.1. The van der Waals surface area contributed by atoms with Gasteiger partial charge in [-0.2, -0.15) is 0 Å². The first-order valence-electron chi connectivity index (χ1n) is 4.00. The second-order valence-electron chi connectivity index (χ2n) is 4.02. The third-order valence-corrected chi connectivity index (χ3v) is 2.30. The maximum atomic E-state index is 5.74. The van der Waals surface area contributed by atoms with Gasteiger partial charge in [-0.25, -0.2) is 0 Å². The quantitative estimate of drug-likeness (QED) is 0.467. The molecule has 1 nitrogen and oxygen atoms in total. The molecule has 12 heavy (non-hydrogen) atoms. The summed E-state index contributed by atoms with van der Waals surface area (Å²) in [6, 6.07) is 6.00. The number of nitrogens with two attached hydrogens (primary N) is 1. The molecule has 0 saturated heterocycles. The first-order chi connectivity index (χ1) is 5.41. The minimum Gasteiger partial charge on any atom is -0.398 e. The molecule has 0 heterocycles. The highest BCUT2D eigenvalue weighted by Gasteiger charge is 2.13. The molecule has 0 atom stereocenters. The van der Waals surface area contributed by atoms with Gasteiger partial charge in [0.05, 0.1) is 0 Å². The fourth-order valence-corrected chi connectivity index (χ4v) is 1.16. The van der Waals surface area contributed by atoms with E-state index in [0.29, 0.717) is 0 Å². The summed E-state index contributed by atoms with van der Waals surface area (Å²) in [6.45, 7) is 6.50. The van der Waals surface area contributed by atoms with Gasteiger partial charge in [0.15, 0.2) is 0 Å². The molecule has 0 aliphatic heterocycles. The van der Waals surface area contributed by atoms with Gasteiger partial charge in [0.25, 0.3) is 0 Å². The van der Waals surface area contributed by atoms with E-state index in [1.807, 2.05) is 12.1 Å². The molecule has 0 unspecified atom stereocenters. The van der Waals surface area contributed by atoms with Crippen molar-refractivity contribution in [3.8, 4) is 0 Å². The van der Waals surface area contributed by atoms with Gasteiger partial charge < -0.3 is 5.73 Å². The van der Waals surface area contributed by atoms with E-state index >= 15 is 0 Å². The standard InChI is InChI=1S/C10H15NS/c1-10(2,3)7-4-5-9(12)8(11)6-7/h4-6,12H,11H2,1-3H3. The molecular weight excluding hydrogens is 166 g/mol. The van der Waals surface area contributed by atoms with Crippen LogP contribution < -0.4 is 5.73 Å². The SMILES string of the molecule is CC(C)(C)c1ccc(S)c(N)c1. The summed E-state index contributed by atoms with van der Waals surface area (Å²) in [6.07, 6.45) is 0. The maximum absolute atomic E-state index is 5.74. The molecule has 1 aromatic rings. The molecular formula is C10H15NS. The monoisotopic (exact) mass is 181 g/mol. The van der Waals surface area contributed by atoms with Crippen LogP contribution in [0.5, 0.6) is 0 Å². The van der Waals surface area contributed by atoms with Crippen molar-refractivity contribution in [1.82, 2.24) is 0 Å². The number of nitrogen functional groups attached to an aromatic ring is 1. The van der Waals surface area contributed by atoms with Crippen LogP contribution >= 0.6 is 12.6 Å². The fourth-order valence-electron chi connectivity index (χ4n) is 1.02. The lowest BCUT2D eigenvalue weighted by molar-refractivity contribution is 0.590. The molecule has 0 saturated carbocycles. The van der Waals surface area contributed by atoms with E-state index in [0.717, 1.165) is 10.6 Å². The second kappa shape index (κ2) is 3.02. The summed E-state index contributed by atoms with van der Waals surface area (Å²) in [4.78, 5) is 0.850.